The van der Waals surface area contributed by atoms with Gasteiger partial charge in [0.15, 0.2) is 0 Å². The first kappa shape index (κ1) is 15.5. The number of halogens is 1. The van der Waals surface area contributed by atoms with E-state index in [1.807, 2.05) is 43.3 Å². The van der Waals surface area contributed by atoms with Gasteiger partial charge in [-0.3, -0.25) is 4.79 Å². The molecule has 2 rings (SSSR count). The lowest BCUT2D eigenvalue weighted by Crippen LogP contribution is -2.13. The molecule has 0 fully saturated rings. The van der Waals surface area contributed by atoms with E-state index in [-0.39, 0.29) is 5.91 Å². The number of para-hydroxylation sites is 1. The molecular formula is C17H18ClNO2. The smallest absolute Gasteiger partial charge is 0.255 e. The summed E-state index contributed by atoms with van der Waals surface area (Å²) in [5.41, 5.74) is 3.25. The second-order valence-corrected chi connectivity index (χ2v) is 4.85. The van der Waals surface area contributed by atoms with Gasteiger partial charge in [-0.25, -0.2) is 0 Å². The van der Waals surface area contributed by atoms with Gasteiger partial charge >= 0.3 is 0 Å². The van der Waals surface area contributed by atoms with Crippen molar-refractivity contribution in [2.45, 2.75) is 19.4 Å². The summed E-state index contributed by atoms with van der Waals surface area (Å²) in [4.78, 5) is 12.3. The molecule has 0 heterocycles. The van der Waals surface area contributed by atoms with E-state index < -0.39 is 0 Å². The predicted molar refractivity (Wildman–Crippen MR) is 85.7 cm³/mol. The van der Waals surface area contributed by atoms with Crippen molar-refractivity contribution in [2.24, 2.45) is 0 Å². The van der Waals surface area contributed by atoms with Crippen LogP contribution in [0.2, 0.25) is 0 Å². The second-order valence-electron chi connectivity index (χ2n) is 4.58. The fourth-order valence-electron chi connectivity index (χ4n) is 1.97. The molecule has 2 aromatic rings. The lowest BCUT2D eigenvalue weighted by molar-refractivity contribution is 0.102. The van der Waals surface area contributed by atoms with Crippen molar-refractivity contribution in [2.75, 3.05) is 11.9 Å². The maximum absolute atomic E-state index is 12.3. The van der Waals surface area contributed by atoms with Crippen LogP contribution in [0.3, 0.4) is 0 Å². The minimum absolute atomic E-state index is 0.147. The number of rotatable bonds is 6. The first-order chi connectivity index (χ1) is 10.2. The van der Waals surface area contributed by atoms with E-state index in [0.717, 1.165) is 16.8 Å². The first-order valence-electron chi connectivity index (χ1n) is 6.86. The Bertz CT molecular complexity index is 613. The van der Waals surface area contributed by atoms with E-state index in [0.29, 0.717) is 24.7 Å². The van der Waals surface area contributed by atoms with Crippen molar-refractivity contribution in [3.63, 3.8) is 0 Å². The molecule has 1 amide bonds. The largest absolute Gasteiger partial charge is 0.377 e. The molecule has 0 spiro atoms. The third kappa shape index (κ3) is 4.31. The first-order valence-corrected chi connectivity index (χ1v) is 7.40. The van der Waals surface area contributed by atoms with E-state index in [9.17, 15) is 4.79 Å². The van der Waals surface area contributed by atoms with Gasteiger partial charge in [-0.05, 0) is 30.7 Å². The average Bonchev–Trinajstić information content (AvgIpc) is 2.54. The molecule has 1 N–H and O–H groups in total. The van der Waals surface area contributed by atoms with Crippen molar-refractivity contribution < 1.29 is 9.53 Å². The van der Waals surface area contributed by atoms with Gasteiger partial charge in [0.1, 0.15) is 0 Å². The highest BCUT2D eigenvalue weighted by Gasteiger charge is 2.09. The van der Waals surface area contributed by atoms with Crippen LogP contribution < -0.4 is 5.32 Å². The number of amides is 1. The minimum atomic E-state index is -0.147. The van der Waals surface area contributed by atoms with Gasteiger partial charge in [0.2, 0.25) is 0 Å². The molecule has 110 valence electrons. The molecule has 0 radical (unpaired) electrons. The molecule has 0 aliphatic rings. The van der Waals surface area contributed by atoms with Gasteiger partial charge in [0.05, 0.1) is 6.61 Å². The highest BCUT2D eigenvalue weighted by atomic mass is 35.5. The van der Waals surface area contributed by atoms with Crippen LogP contribution in [0, 0.1) is 0 Å². The minimum Gasteiger partial charge on any atom is -0.377 e. The Morgan fingerprint density at radius 1 is 1.19 bits per heavy atom. The quantitative estimate of drug-likeness (QED) is 0.812. The molecule has 2 aromatic carbocycles. The average molecular weight is 304 g/mol. The van der Waals surface area contributed by atoms with Gasteiger partial charge in [-0.2, -0.15) is 0 Å². The van der Waals surface area contributed by atoms with Crippen LogP contribution in [0.1, 0.15) is 28.4 Å². The normalized spacial score (nSPS) is 10.4. The van der Waals surface area contributed by atoms with Gasteiger partial charge in [-0.15, -0.1) is 11.6 Å². The number of nitrogens with one attached hydrogen (secondary N) is 1. The van der Waals surface area contributed by atoms with Crippen LogP contribution in [0.4, 0.5) is 5.69 Å². The summed E-state index contributed by atoms with van der Waals surface area (Å²) in [7, 11) is 0. The van der Waals surface area contributed by atoms with Crippen molar-refractivity contribution >= 4 is 23.2 Å². The zero-order valence-electron chi connectivity index (χ0n) is 11.9. The number of hydrogen-bond acceptors (Lipinski definition) is 2. The zero-order valence-corrected chi connectivity index (χ0v) is 12.7. The molecule has 0 bridgehead atoms. The van der Waals surface area contributed by atoms with E-state index in [1.165, 1.54) is 0 Å². The van der Waals surface area contributed by atoms with Crippen LogP contribution in [-0.4, -0.2) is 12.5 Å². The molecule has 0 aliphatic heterocycles. The SMILES string of the molecule is CCOCc1ccccc1NC(=O)c1cccc(CCl)c1. The third-order valence-corrected chi connectivity index (χ3v) is 3.38. The van der Waals surface area contributed by atoms with E-state index in [4.69, 9.17) is 16.3 Å². The van der Waals surface area contributed by atoms with E-state index >= 15 is 0 Å². The van der Waals surface area contributed by atoms with Gasteiger partial charge in [-0.1, -0.05) is 30.3 Å². The second kappa shape index (κ2) is 7.81. The molecule has 0 atom stereocenters. The summed E-state index contributed by atoms with van der Waals surface area (Å²) in [5.74, 6) is 0.244. The number of ether oxygens (including phenoxy) is 1. The fourth-order valence-corrected chi connectivity index (χ4v) is 2.14. The van der Waals surface area contributed by atoms with E-state index in [1.54, 1.807) is 12.1 Å². The molecule has 0 aromatic heterocycles. The zero-order chi connectivity index (χ0) is 15.1. The standard InChI is InChI=1S/C17H18ClNO2/c1-2-21-12-15-7-3-4-9-16(15)19-17(20)14-8-5-6-13(10-14)11-18/h3-10H,2,11-12H2,1H3,(H,19,20). The molecule has 0 saturated carbocycles. The Balaban J connectivity index is 2.15. The van der Waals surface area contributed by atoms with Crippen molar-refractivity contribution in [1.82, 2.24) is 0 Å². The summed E-state index contributed by atoms with van der Waals surface area (Å²) in [5, 5.41) is 2.93. The number of benzene rings is 2. The lowest BCUT2D eigenvalue weighted by atomic mass is 10.1. The van der Waals surface area contributed by atoms with Crippen LogP contribution in [-0.2, 0) is 17.2 Å². The Labute approximate surface area is 129 Å². The summed E-state index contributed by atoms with van der Waals surface area (Å²) < 4.78 is 5.42. The molecule has 3 nitrogen and oxygen atoms in total. The van der Waals surface area contributed by atoms with Crippen LogP contribution in [0.25, 0.3) is 0 Å². The molecule has 0 aliphatic carbocycles. The third-order valence-electron chi connectivity index (χ3n) is 3.07. The lowest BCUT2D eigenvalue weighted by Gasteiger charge is -2.11. The molecule has 4 heteroatoms. The number of carbonyl (C=O) groups excluding carboxylic acids is 1. The fraction of sp³-hybridized carbons (Fsp3) is 0.235. The number of hydrogen-bond donors (Lipinski definition) is 1. The van der Waals surface area contributed by atoms with Gasteiger partial charge < -0.3 is 10.1 Å². The Kier molecular flexibility index (Phi) is 5.78. The van der Waals surface area contributed by atoms with Crippen molar-refractivity contribution in [1.29, 1.82) is 0 Å². The number of alkyl halides is 1. The molecular weight excluding hydrogens is 286 g/mol. The van der Waals surface area contributed by atoms with Crippen LogP contribution >= 0.6 is 11.6 Å². The van der Waals surface area contributed by atoms with Crippen LogP contribution in [0.15, 0.2) is 48.5 Å². The molecule has 0 unspecified atom stereocenters. The maximum atomic E-state index is 12.3. The van der Waals surface area contributed by atoms with Crippen molar-refractivity contribution in [3.05, 3.63) is 65.2 Å². The Morgan fingerprint density at radius 2 is 2.00 bits per heavy atom. The topological polar surface area (TPSA) is 38.3 Å². The number of carbonyl (C=O) groups is 1. The Morgan fingerprint density at radius 3 is 2.76 bits per heavy atom. The summed E-state index contributed by atoms with van der Waals surface area (Å²) in [6.45, 7) is 3.06. The van der Waals surface area contributed by atoms with Crippen molar-refractivity contribution in [3.8, 4) is 0 Å². The highest BCUT2D eigenvalue weighted by molar-refractivity contribution is 6.17. The van der Waals surface area contributed by atoms with Crippen LogP contribution in [0.5, 0.6) is 0 Å². The molecule has 0 saturated heterocycles. The molecule has 21 heavy (non-hydrogen) atoms. The monoisotopic (exact) mass is 303 g/mol. The Hall–Kier alpha value is -1.84. The predicted octanol–water partition coefficient (Wildman–Crippen LogP) is 4.21. The van der Waals surface area contributed by atoms with Gasteiger partial charge in [0, 0.05) is 29.3 Å². The highest BCUT2D eigenvalue weighted by Crippen LogP contribution is 2.18. The summed E-state index contributed by atoms with van der Waals surface area (Å²) in [6.07, 6.45) is 0. The van der Waals surface area contributed by atoms with E-state index in [2.05, 4.69) is 5.32 Å². The number of anilines is 1. The summed E-state index contributed by atoms with van der Waals surface area (Å²) in [6, 6.07) is 14.9. The maximum Gasteiger partial charge on any atom is 0.255 e. The van der Waals surface area contributed by atoms with Gasteiger partial charge in [0.25, 0.3) is 5.91 Å². The summed E-state index contributed by atoms with van der Waals surface area (Å²) >= 11 is 5.80.